The Labute approximate surface area is 129 Å². The molecule has 0 saturated heterocycles. The van der Waals surface area contributed by atoms with E-state index in [1.165, 1.54) is 13.2 Å². The van der Waals surface area contributed by atoms with Crippen LogP contribution in [-0.2, 0) is 10.0 Å². The van der Waals surface area contributed by atoms with Gasteiger partial charge in [-0.25, -0.2) is 17.2 Å². The molecule has 0 aromatic heterocycles. The van der Waals surface area contributed by atoms with Crippen LogP contribution in [0, 0.1) is 21.7 Å². The number of nitrogens with zero attached hydrogens (tertiary/aromatic N) is 1. The average molecular weight is 344 g/mol. The summed E-state index contributed by atoms with van der Waals surface area (Å²) in [6.07, 6.45) is 0. The maximum atomic E-state index is 13.2. The van der Waals surface area contributed by atoms with Crippen LogP contribution in [0.1, 0.15) is 0 Å². The molecule has 0 amide bonds. The van der Waals surface area contributed by atoms with Gasteiger partial charge in [0.15, 0.2) is 0 Å². The zero-order valence-electron chi connectivity index (χ0n) is 11.6. The summed E-state index contributed by atoms with van der Waals surface area (Å²) in [5.74, 6) is -2.14. The molecule has 7 nitrogen and oxygen atoms in total. The van der Waals surface area contributed by atoms with Gasteiger partial charge in [-0.05, 0) is 18.2 Å². The molecule has 0 fully saturated rings. The second kappa shape index (κ2) is 6.16. The molecule has 0 aliphatic rings. The van der Waals surface area contributed by atoms with Gasteiger partial charge >= 0.3 is 0 Å². The number of benzene rings is 2. The van der Waals surface area contributed by atoms with Crippen LogP contribution < -0.4 is 9.46 Å². The molecule has 0 spiro atoms. The Bertz CT molecular complexity index is 850. The summed E-state index contributed by atoms with van der Waals surface area (Å²) in [7, 11) is -3.13. The number of ether oxygens (including phenoxy) is 1. The fourth-order valence-electron chi connectivity index (χ4n) is 1.78. The van der Waals surface area contributed by atoms with Gasteiger partial charge in [-0.15, -0.1) is 0 Å². The monoisotopic (exact) mass is 344 g/mol. The molecule has 0 heterocycles. The lowest BCUT2D eigenvalue weighted by molar-refractivity contribution is -0.384. The Kier molecular flexibility index (Phi) is 4.45. The number of anilines is 1. The average Bonchev–Trinajstić information content (AvgIpc) is 2.45. The molecule has 2 rings (SSSR count). The van der Waals surface area contributed by atoms with Crippen molar-refractivity contribution in [3.05, 3.63) is 58.1 Å². The number of halogens is 2. The third-order valence-electron chi connectivity index (χ3n) is 2.78. The first-order valence-corrected chi connectivity index (χ1v) is 7.52. The maximum Gasteiger partial charge on any atom is 0.271 e. The molecular weight excluding hydrogens is 334 g/mol. The lowest BCUT2D eigenvalue weighted by Crippen LogP contribution is -2.14. The van der Waals surface area contributed by atoms with E-state index in [2.05, 4.69) is 0 Å². The summed E-state index contributed by atoms with van der Waals surface area (Å²) < 4.78 is 57.6. The van der Waals surface area contributed by atoms with Crippen molar-refractivity contribution < 1.29 is 26.9 Å². The first-order valence-electron chi connectivity index (χ1n) is 6.04. The summed E-state index contributed by atoms with van der Waals surface area (Å²) >= 11 is 0. The minimum Gasteiger partial charge on any atom is -0.495 e. The molecule has 23 heavy (non-hydrogen) atoms. The minimum absolute atomic E-state index is 0.0102. The molecule has 2 aromatic carbocycles. The highest BCUT2D eigenvalue weighted by Gasteiger charge is 2.20. The van der Waals surface area contributed by atoms with E-state index in [0.29, 0.717) is 18.2 Å². The van der Waals surface area contributed by atoms with Crippen LogP contribution >= 0.6 is 0 Å². The Morgan fingerprint density at radius 2 is 1.74 bits per heavy atom. The number of methoxy groups -OCH3 is 1. The quantitative estimate of drug-likeness (QED) is 0.664. The Hall–Kier alpha value is -2.75. The molecule has 2 aromatic rings. The zero-order chi connectivity index (χ0) is 17.2. The smallest absolute Gasteiger partial charge is 0.271 e. The van der Waals surface area contributed by atoms with E-state index in [1.807, 2.05) is 4.72 Å². The third-order valence-corrected chi connectivity index (χ3v) is 4.13. The van der Waals surface area contributed by atoms with E-state index >= 15 is 0 Å². The van der Waals surface area contributed by atoms with Gasteiger partial charge in [-0.2, -0.15) is 0 Å². The van der Waals surface area contributed by atoms with Crippen molar-refractivity contribution in [2.24, 2.45) is 0 Å². The molecule has 122 valence electrons. The Morgan fingerprint density at radius 1 is 1.13 bits per heavy atom. The van der Waals surface area contributed by atoms with Crippen molar-refractivity contribution in [1.82, 2.24) is 0 Å². The predicted octanol–water partition coefficient (Wildman–Crippen LogP) is 2.68. The van der Waals surface area contributed by atoms with Gasteiger partial charge in [0.05, 0.1) is 22.6 Å². The first kappa shape index (κ1) is 16.6. The van der Waals surface area contributed by atoms with Gasteiger partial charge in [-0.3, -0.25) is 14.8 Å². The molecule has 0 bridgehead atoms. The number of nitro benzene ring substituents is 1. The third kappa shape index (κ3) is 3.72. The van der Waals surface area contributed by atoms with Crippen LogP contribution in [0.2, 0.25) is 0 Å². The van der Waals surface area contributed by atoms with E-state index in [0.717, 1.165) is 12.1 Å². The van der Waals surface area contributed by atoms with Crippen molar-refractivity contribution in [2.75, 3.05) is 11.8 Å². The van der Waals surface area contributed by atoms with Crippen LogP contribution in [0.3, 0.4) is 0 Å². The van der Waals surface area contributed by atoms with E-state index in [1.54, 1.807) is 0 Å². The molecule has 10 heteroatoms. The fourth-order valence-corrected chi connectivity index (χ4v) is 2.88. The van der Waals surface area contributed by atoms with Gasteiger partial charge in [-0.1, -0.05) is 0 Å². The van der Waals surface area contributed by atoms with Crippen LogP contribution in [0.4, 0.5) is 20.2 Å². The summed E-state index contributed by atoms with van der Waals surface area (Å²) in [5.41, 5.74) is -0.611. The highest BCUT2D eigenvalue weighted by molar-refractivity contribution is 7.92. The second-order valence-corrected chi connectivity index (χ2v) is 6.03. The summed E-state index contributed by atoms with van der Waals surface area (Å²) in [6.45, 7) is 0. The number of nitro groups is 1. The van der Waals surface area contributed by atoms with E-state index in [9.17, 15) is 27.3 Å². The Morgan fingerprint density at radius 3 is 2.26 bits per heavy atom. The lowest BCUT2D eigenvalue weighted by Gasteiger charge is -2.12. The van der Waals surface area contributed by atoms with Crippen molar-refractivity contribution in [3.8, 4) is 5.75 Å². The van der Waals surface area contributed by atoms with Crippen LogP contribution in [-0.4, -0.2) is 20.5 Å². The molecule has 0 aliphatic carbocycles. The van der Waals surface area contributed by atoms with Crippen LogP contribution in [0.15, 0.2) is 41.3 Å². The lowest BCUT2D eigenvalue weighted by atomic mass is 10.2. The second-order valence-electron chi connectivity index (χ2n) is 4.35. The van der Waals surface area contributed by atoms with E-state index < -0.39 is 31.5 Å². The van der Waals surface area contributed by atoms with Gasteiger partial charge in [0, 0.05) is 18.2 Å². The number of hydrogen-bond donors (Lipinski definition) is 1. The number of hydrogen-bond acceptors (Lipinski definition) is 5. The van der Waals surface area contributed by atoms with Crippen molar-refractivity contribution >= 4 is 21.4 Å². The highest BCUT2D eigenvalue weighted by atomic mass is 32.2. The Balaban J connectivity index is 2.47. The highest BCUT2D eigenvalue weighted by Crippen LogP contribution is 2.31. The molecule has 0 radical (unpaired) electrons. The standard InChI is InChI=1S/C13H10F2N2O5S/c1-22-13-3-2-10(17(18)19)7-12(13)16-23(20,21)11-5-8(14)4-9(15)6-11/h2-7,16H,1H3. The van der Waals surface area contributed by atoms with Gasteiger partial charge < -0.3 is 4.74 Å². The number of rotatable bonds is 5. The molecular formula is C13H10F2N2O5S. The molecule has 0 saturated carbocycles. The number of non-ortho nitro benzene ring substituents is 1. The SMILES string of the molecule is COc1ccc([N+](=O)[O-])cc1NS(=O)(=O)c1cc(F)cc(F)c1. The molecule has 0 atom stereocenters. The maximum absolute atomic E-state index is 13.2. The minimum atomic E-state index is -4.37. The fraction of sp³-hybridized carbons (Fsp3) is 0.0769. The molecule has 0 unspecified atom stereocenters. The largest absolute Gasteiger partial charge is 0.495 e. The predicted molar refractivity (Wildman–Crippen MR) is 76.8 cm³/mol. The first-order chi connectivity index (χ1) is 10.7. The van der Waals surface area contributed by atoms with Crippen molar-refractivity contribution in [3.63, 3.8) is 0 Å². The summed E-state index contributed by atoms with van der Waals surface area (Å²) in [4.78, 5) is 9.38. The van der Waals surface area contributed by atoms with E-state index in [4.69, 9.17) is 4.74 Å². The van der Waals surface area contributed by atoms with E-state index in [-0.39, 0.29) is 17.1 Å². The molecule has 1 N–H and O–H groups in total. The summed E-state index contributed by atoms with van der Waals surface area (Å²) in [5, 5.41) is 10.8. The number of sulfonamides is 1. The van der Waals surface area contributed by atoms with Gasteiger partial charge in [0.1, 0.15) is 17.4 Å². The molecule has 0 aliphatic heterocycles. The normalized spacial score (nSPS) is 11.1. The van der Waals surface area contributed by atoms with Gasteiger partial charge in [0.25, 0.3) is 15.7 Å². The zero-order valence-corrected chi connectivity index (χ0v) is 12.4. The van der Waals surface area contributed by atoms with Crippen LogP contribution in [0.5, 0.6) is 5.75 Å². The number of nitrogens with one attached hydrogen (secondary N) is 1. The summed E-state index contributed by atoms with van der Waals surface area (Å²) in [6, 6.07) is 5.02. The van der Waals surface area contributed by atoms with Crippen molar-refractivity contribution in [1.29, 1.82) is 0 Å². The van der Waals surface area contributed by atoms with Gasteiger partial charge in [0.2, 0.25) is 0 Å². The topological polar surface area (TPSA) is 98.5 Å². The van der Waals surface area contributed by atoms with Crippen molar-refractivity contribution in [2.45, 2.75) is 4.90 Å². The van der Waals surface area contributed by atoms with Crippen LogP contribution in [0.25, 0.3) is 0 Å².